The summed E-state index contributed by atoms with van der Waals surface area (Å²) < 4.78 is 17.1. The molecule has 2 aliphatic heterocycles. The Kier molecular flexibility index (Phi) is 5.97. The maximum atomic E-state index is 13.2. The lowest BCUT2D eigenvalue weighted by atomic mass is 9.91. The van der Waals surface area contributed by atoms with Crippen LogP contribution in [-0.2, 0) is 10.3 Å². The first-order valence-electron chi connectivity index (χ1n) is 10.7. The van der Waals surface area contributed by atoms with Crippen molar-refractivity contribution in [3.8, 4) is 17.2 Å². The number of ether oxygens (including phenoxy) is 3. The summed E-state index contributed by atoms with van der Waals surface area (Å²) >= 11 is 0. The number of nitrogens with one attached hydrogen (secondary N) is 1. The molecule has 2 N–H and O–H groups in total. The minimum Gasteiger partial charge on any atom is -0.490 e. The molecule has 8 nitrogen and oxygen atoms in total. The molecular weight excluding hydrogens is 412 g/mol. The molecule has 4 rings (SSSR count). The topological polar surface area (TPSA) is 97.3 Å². The molecule has 0 saturated carbocycles. The van der Waals surface area contributed by atoms with Gasteiger partial charge in [-0.2, -0.15) is 0 Å². The molecule has 2 atom stereocenters. The fourth-order valence-corrected chi connectivity index (χ4v) is 4.00. The van der Waals surface area contributed by atoms with Gasteiger partial charge in [0.1, 0.15) is 24.0 Å². The molecule has 2 aliphatic rings. The first kappa shape index (κ1) is 22.0. The highest BCUT2D eigenvalue weighted by molar-refractivity contribution is 6.07. The molecule has 0 aliphatic carbocycles. The maximum Gasteiger partial charge on any atom is 0.325 e. The zero-order valence-electron chi connectivity index (χ0n) is 18.5. The van der Waals surface area contributed by atoms with Gasteiger partial charge in [-0.15, -0.1) is 0 Å². The van der Waals surface area contributed by atoms with E-state index in [1.54, 1.807) is 25.1 Å². The number of fused-ring (bicyclic) bond motifs is 1. The molecule has 1 fully saturated rings. The van der Waals surface area contributed by atoms with Crippen LogP contribution in [0.2, 0.25) is 0 Å². The van der Waals surface area contributed by atoms with Crippen LogP contribution in [-0.4, -0.2) is 54.4 Å². The zero-order valence-corrected chi connectivity index (χ0v) is 18.5. The SMILES string of the molecule is Cc1cccc(C)c1OC[C@H](O)CN1C(=O)N[C@@](C)(c2ccc3c(c2)OCCCO3)C1=O. The van der Waals surface area contributed by atoms with Crippen LogP contribution in [0.25, 0.3) is 0 Å². The molecule has 3 amide bonds. The molecule has 2 aromatic carbocycles. The van der Waals surface area contributed by atoms with Crippen molar-refractivity contribution in [2.45, 2.75) is 38.8 Å². The van der Waals surface area contributed by atoms with E-state index in [0.717, 1.165) is 22.4 Å². The number of urea groups is 1. The van der Waals surface area contributed by atoms with E-state index in [1.165, 1.54) is 0 Å². The van der Waals surface area contributed by atoms with Gasteiger partial charge in [-0.1, -0.05) is 24.3 Å². The van der Waals surface area contributed by atoms with E-state index in [2.05, 4.69) is 5.32 Å². The van der Waals surface area contributed by atoms with Gasteiger partial charge in [0.25, 0.3) is 5.91 Å². The number of aliphatic hydroxyl groups is 1. The van der Waals surface area contributed by atoms with Gasteiger partial charge in [0.15, 0.2) is 11.5 Å². The molecule has 0 aromatic heterocycles. The van der Waals surface area contributed by atoms with Crippen molar-refractivity contribution in [2.75, 3.05) is 26.4 Å². The number of nitrogens with zero attached hydrogens (tertiary/aromatic N) is 1. The van der Waals surface area contributed by atoms with Gasteiger partial charge in [0, 0.05) is 6.42 Å². The number of amides is 3. The second-order valence-electron chi connectivity index (χ2n) is 8.37. The van der Waals surface area contributed by atoms with E-state index in [-0.39, 0.29) is 13.2 Å². The lowest BCUT2D eigenvalue weighted by Crippen LogP contribution is -2.42. The van der Waals surface area contributed by atoms with Crippen molar-refractivity contribution in [1.29, 1.82) is 0 Å². The number of aliphatic hydroxyl groups excluding tert-OH is 1. The predicted octanol–water partition coefficient (Wildman–Crippen LogP) is 2.67. The largest absolute Gasteiger partial charge is 0.490 e. The van der Waals surface area contributed by atoms with Crippen LogP contribution < -0.4 is 19.5 Å². The molecule has 0 bridgehead atoms. The third kappa shape index (κ3) is 4.10. The summed E-state index contributed by atoms with van der Waals surface area (Å²) in [6.45, 7) is 6.37. The lowest BCUT2D eigenvalue weighted by Gasteiger charge is -2.24. The number of para-hydroxylation sites is 1. The van der Waals surface area contributed by atoms with Crippen molar-refractivity contribution in [3.05, 3.63) is 53.1 Å². The second kappa shape index (κ2) is 8.70. The van der Waals surface area contributed by atoms with Crippen LogP contribution in [0, 0.1) is 13.8 Å². The third-order valence-corrected chi connectivity index (χ3v) is 5.82. The van der Waals surface area contributed by atoms with E-state index in [1.807, 2.05) is 32.0 Å². The molecule has 2 heterocycles. The standard InChI is InChI=1S/C24H28N2O6/c1-15-6-4-7-16(2)21(15)32-14-18(27)13-26-22(28)24(3,25-23(26)29)17-8-9-19-20(12-17)31-11-5-10-30-19/h4,6-9,12,18,27H,5,10-11,13-14H2,1-3H3,(H,25,29)/t18-,24+/m1/s1. The van der Waals surface area contributed by atoms with E-state index in [0.29, 0.717) is 36.0 Å². The number of hydrogen-bond donors (Lipinski definition) is 2. The Morgan fingerprint density at radius 2 is 1.81 bits per heavy atom. The second-order valence-corrected chi connectivity index (χ2v) is 8.37. The van der Waals surface area contributed by atoms with Crippen LogP contribution in [0.5, 0.6) is 17.2 Å². The summed E-state index contributed by atoms with van der Waals surface area (Å²) in [7, 11) is 0. The van der Waals surface area contributed by atoms with Crippen molar-refractivity contribution in [2.24, 2.45) is 0 Å². The van der Waals surface area contributed by atoms with Gasteiger partial charge in [-0.3, -0.25) is 9.69 Å². The Morgan fingerprint density at radius 3 is 2.53 bits per heavy atom. The third-order valence-electron chi connectivity index (χ3n) is 5.82. The van der Waals surface area contributed by atoms with E-state index < -0.39 is 23.6 Å². The highest BCUT2D eigenvalue weighted by Crippen LogP contribution is 2.36. The fourth-order valence-electron chi connectivity index (χ4n) is 4.00. The van der Waals surface area contributed by atoms with Crippen LogP contribution in [0.15, 0.2) is 36.4 Å². The van der Waals surface area contributed by atoms with Gasteiger partial charge in [0.05, 0.1) is 19.8 Å². The van der Waals surface area contributed by atoms with Gasteiger partial charge >= 0.3 is 6.03 Å². The summed E-state index contributed by atoms with van der Waals surface area (Å²) in [5.74, 6) is 1.41. The molecular formula is C24H28N2O6. The van der Waals surface area contributed by atoms with Crippen LogP contribution in [0.3, 0.4) is 0 Å². The number of carbonyl (C=O) groups is 2. The highest BCUT2D eigenvalue weighted by Gasteiger charge is 2.49. The number of hydrogen-bond acceptors (Lipinski definition) is 6. The minimum absolute atomic E-state index is 0.0382. The molecule has 8 heteroatoms. The summed E-state index contributed by atoms with van der Waals surface area (Å²) in [4.78, 5) is 26.9. The van der Waals surface area contributed by atoms with Crippen molar-refractivity contribution in [3.63, 3.8) is 0 Å². The molecule has 32 heavy (non-hydrogen) atoms. The Balaban J connectivity index is 1.46. The summed E-state index contributed by atoms with van der Waals surface area (Å²) in [5.41, 5.74) is 1.22. The predicted molar refractivity (Wildman–Crippen MR) is 117 cm³/mol. The first-order chi connectivity index (χ1) is 15.3. The first-order valence-corrected chi connectivity index (χ1v) is 10.7. The Morgan fingerprint density at radius 1 is 1.12 bits per heavy atom. The quantitative estimate of drug-likeness (QED) is 0.671. The molecule has 170 valence electrons. The number of rotatable bonds is 6. The van der Waals surface area contributed by atoms with Crippen molar-refractivity contribution in [1.82, 2.24) is 10.2 Å². The van der Waals surface area contributed by atoms with Crippen LogP contribution in [0.4, 0.5) is 4.79 Å². The number of carbonyl (C=O) groups excluding carboxylic acids is 2. The molecule has 1 saturated heterocycles. The Labute approximate surface area is 187 Å². The van der Waals surface area contributed by atoms with E-state index >= 15 is 0 Å². The van der Waals surface area contributed by atoms with Crippen LogP contribution in [0.1, 0.15) is 30.0 Å². The van der Waals surface area contributed by atoms with Gasteiger partial charge in [-0.25, -0.2) is 4.79 Å². The van der Waals surface area contributed by atoms with Crippen molar-refractivity contribution < 1.29 is 28.9 Å². The van der Waals surface area contributed by atoms with E-state index in [9.17, 15) is 14.7 Å². The lowest BCUT2D eigenvalue weighted by molar-refractivity contribution is -0.132. The fraction of sp³-hybridized carbons (Fsp3) is 0.417. The smallest absolute Gasteiger partial charge is 0.325 e. The normalized spacial score (nSPS) is 21.2. The summed E-state index contributed by atoms with van der Waals surface area (Å²) in [5, 5.41) is 13.2. The van der Waals surface area contributed by atoms with Crippen molar-refractivity contribution >= 4 is 11.9 Å². The average Bonchev–Trinajstić information content (AvgIpc) is 2.92. The molecule has 0 unspecified atom stereocenters. The minimum atomic E-state index is -1.27. The molecule has 0 radical (unpaired) electrons. The number of imide groups is 1. The summed E-state index contributed by atoms with van der Waals surface area (Å²) in [6, 6.07) is 10.4. The molecule has 0 spiro atoms. The zero-order chi connectivity index (χ0) is 22.9. The summed E-state index contributed by atoms with van der Waals surface area (Å²) in [6.07, 6.45) is -0.262. The average molecular weight is 440 g/mol. The monoisotopic (exact) mass is 440 g/mol. The highest BCUT2D eigenvalue weighted by atomic mass is 16.5. The van der Waals surface area contributed by atoms with E-state index in [4.69, 9.17) is 14.2 Å². The number of benzene rings is 2. The number of β-amino-alcohol motifs (C(OH)–C–C–N with tert-alkyl or cyclic N) is 1. The molecule has 2 aromatic rings. The number of aryl methyl sites for hydroxylation is 2. The van der Waals surface area contributed by atoms with Gasteiger partial charge in [0.2, 0.25) is 0 Å². The van der Waals surface area contributed by atoms with Gasteiger partial charge < -0.3 is 24.6 Å². The Bertz CT molecular complexity index is 1020. The van der Waals surface area contributed by atoms with Gasteiger partial charge in [-0.05, 0) is 49.6 Å². The van der Waals surface area contributed by atoms with Crippen LogP contribution >= 0.6 is 0 Å². The maximum absolute atomic E-state index is 13.2. The Hall–Kier alpha value is -3.26.